The van der Waals surface area contributed by atoms with Crippen LogP contribution in [-0.2, 0) is 63.1 Å². The number of aromatic nitrogens is 10. The SMILES string of the molecule is CC1(C)OCC(CCl)O1.CC1(C)OCC(Cn2cc(C(=O)C(F)(F)F)c3ccccc32)O1.CC1(C)OCC(Cn2cc(C(O)(c3ccc4c(c3)nnn4-c3ccc(F)cc3)C(F)(F)F)c3ccccc32)O1.CC1(C)OCC(Cn2ccc3ccccc32)O1.Fc1ccc(-n2nnc3cc(Br)ccc32)cc1.[CH2-]CCC.[H-].[Li+].[Na+].c1ccc2[nH]ccc2c1. The third-order valence-electron chi connectivity index (χ3n) is 19.4. The number of nitrogens with zero attached hydrogens (tertiary/aromatic N) is 9. The number of H-pyrrole nitrogens is 1. The minimum absolute atomic E-state index is 0. The summed E-state index contributed by atoms with van der Waals surface area (Å²) in [5, 5.41) is 30.8. The van der Waals surface area contributed by atoms with Gasteiger partial charge < -0.3 is 70.0 Å². The maximum atomic E-state index is 14.8. The van der Waals surface area contributed by atoms with Gasteiger partial charge in [0, 0.05) is 67.7 Å². The summed E-state index contributed by atoms with van der Waals surface area (Å²) in [7, 11) is 0. The van der Waals surface area contributed by atoms with Gasteiger partial charge in [-0.1, -0.05) is 119 Å². The van der Waals surface area contributed by atoms with E-state index >= 15 is 0 Å². The zero-order valence-corrected chi connectivity index (χ0v) is 72.6. The van der Waals surface area contributed by atoms with Crippen molar-refractivity contribution in [3.05, 3.63) is 259 Å². The second-order valence-electron chi connectivity index (χ2n) is 30.2. The fourth-order valence-electron chi connectivity index (χ4n) is 13.8. The smallest absolute Gasteiger partial charge is 1.00 e. The number of hydrogen-bond acceptors (Lipinski definition) is 14. The molecular weight excluding hydrogens is 1650 g/mol. The fourth-order valence-corrected chi connectivity index (χ4v) is 14.3. The van der Waals surface area contributed by atoms with Crippen LogP contribution in [0.25, 0.3) is 77.1 Å². The first-order valence-corrected chi connectivity index (χ1v) is 39.5. The van der Waals surface area contributed by atoms with Crippen LogP contribution in [0.4, 0.5) is 35.1 Å². The molecule has 32 heteroatoms. The van der Waals surface area contributed by atoms with Gasteiger partial charge in [-0.25, -0.2) is 18.1 Å². The predicted molar refractivity (Wildman–Crippen MR) is 441 cm³/mol. The number of alkyl halides is 7. The number of unbranched alkanes of at least 4 members (excludes halogenated alkanes) is 1. The number of halogens is 10. The fraction of sp³-hybridized carbons (Fsp3) is 0.341. The van der Waals surface area contributed by atoms with Gasteiger partial charge in [0.25, 0.3) is 5.78 Å². The predicted octanol–water partition coefficient (Wildman–Crippen LogP) is 14.4. The number of ether oxygens (including phenoxy) is 8. The van der Waals surface area contributed by atoms with E-state index in [1.165, 1.54) is 106 Å². The minimum Gasteiger partial charge on any atom is -1.00 e. The van der Waals surface area contributed by atoms with E-state index < -0.39 is 58.3 Å². The first-order chi connectivity index (χ1) is 56.0. The number of ketones is 1. The first kappa shape index (κ1) is 94.1. The number of benzene rings is 8. The number of nitrogens with one attached hydrogen (secondary N) is 1. The number of para-hydroxylation sites is 4. The Morgan fingerprint density at radius 1 is 0.550 bits per heavy atom. The molecule has 18 rings (SSSR count). The van der Waals surface area contributed by atoms with Crippen molar-refractivity contribution in [1.29, 1.82) is 0 Å². The summed E-state index contributed by atoms with van der Waals surface area (Å²) in [4.78, 5) is 14.8. The molecule has 5 atom stereocenters. The molecule has 0 spiro atoms. The number of hydrogen-bond donors (Lipinski definition) is 2. The molecular formula is C88H92BrClF8LiN10NaO10. The van der Waals surface area contributed by atoms with Gasteiger partial charge in [0.2, 0.25) is 5.60 Å². The van der Waals surface area contributed by atoms with Crippen molar-refractivity contribution in [3.63, 3.8) is 0 Å². The third-order valence-corrected chi connectivity index (χ3v) is 20.3. The Morgan fingerprint density at radius 2 is 0.983 bits per heavy atom. The largest absolute Gasteiger partial charge is 1.00 e. The van der Waals surface area contributed by atoms with E-state index in [4.69, 9.17) is 49.5 Å². The van der Waals surface area contributed by atoms with Gasteiger partial charge in [-0.3, -0.25) is 4.79 Å². The summed E-state index contributed by atoms with van der Waals surface area (Å²) in [6, 6.07) is 55.1. The van der Waals surface area contributed by atoms with Crippen molar-refractivity contribution in [2.45, 2.75) is 160 Å². The molecule has 0 radical (unpaired) electrons. The van der Waals surface area contributed by atoms with E-state index in [-0.39, 0.29) is 114 Å². The molecule has 0 aliphatic carbocycles. The third kappa shape index (κ3) is 23.2. The quantitative estimate of drug-likeness (QED) is 0.0363. The Morgan fingerprint density at radius 3 is 1.45 bits per heavy atom. The van der Waals surface area contributed by atoms with Gasteiger partial charge >= 0.3 is 60.8 Å². The summed E-state index contributed by atoms with van der Waals surface area (Å²) in [6.07, 6.45) is -1.50. The number of carbonyl (C=O) groups excluding carboxylic acids is 1. The Balaban J connectivity index is 0.000000174. The molecule has 5 unspecified atom stereocenters. The van der Waals surface area contributed by atoms with Crippen LogP contribution < -0.4 is 48.4 Å². The maximum Gasteiger partial charge on any atom is 1.00 e. The molecule has 2 N–H and O–H groups in total. The number of aliphatic hydroxyl groups is 1. The van der Waals surface area contributed by atoms with Crippen molar-refractivity contribution in [2.24, 2.45) is 0 Å². The molecule has 20 nitrogen and oxygen atoms in total. The maximum absolute atomic E-state index is 14.8. The molecule has 4 aliphatic rings. The van der Waals surface area contributed by atoms with E-state index in [2.05, 4.69) is 115 Å². The summed E-state index contributed by atoms with van der Waals surface area (Å²) in [5.41, 5.74) is 2.64. The van der Waals surface area contributed by atoms with Crippen molar-refractivity contribution in [1.82, 2.24) is 48.7 Å². The number of aromatic amines is 1. The zero-order valence-electron chi connectivity index (χ0n) is 69.3. The van der Waals surface area contributed by atoms with Crippen LogP contribution in [0.15, 0.2) is 223 Å². The first-order valence-electron chi connectivity index (χ1n) is 38.2. The van der Waals surface area contributed by atoms with Crippen LogP contribution in [0.1, 0.15) is 98.1 Å². The molecule has 4 saturated heterocycles. The number of rotatable bonds is 13. The van der Waals surface area contributed by atoms with E-state index in [0.717, 1.165) is 34.2 Å². The summed E-state index contributed by atoms with van der Waals surface area (Å²) < 4.78 is 163. The average Bonchev–Trinajstić information content (AvgIpc) is 1.61. The van der Waals surface area contributed by atoms with Gasteiger partial charge in [0.05, 0.1) is 86.0 Å². The number of carbonyl (C=O) groups is 1. The topological polar surface area (TPSA) is 203 Å². The minimum atomic E-state index is -5.07. The molecule has 0 saturated carbocycles. The zero-order chi connectivity index (χ0) is 84.5. The van der Waals surface area contributed by atoms with Gasteiger partial charge in [0.15, 0.2) is 23.1 Å². The molecule has 120 heavy (non-hydrogen) atoms. The van der Waals surface area contributed by atoms with Crippen molar-refractivity contribution in [2.75, 3.05) is 32.3 Å². The van der Waals surface area contributed by atoms with Crippen LogP contribution >= 0.6 is 27.5 Å². The molecule has 0 amide bonds. The van der Waals surface area contributed by atoms with Crippen molar-refractivity contribution >= 4 is 99.0 Å². The van der Waals surface area contributed by atoms with Gasteiger partial charge in [-0.15, -0.1) is 21.8 Å². The standard InChI is InChI=1S/C28H24F4N4O3.C16H16F3NO3.C14H17NO2.C12H7BrFN3.C8H7N.C6H11ClO2.C4H9.Li.Na.H/c1-26(2)38-16-20(39-26)14-35-15-22(21-5-3-4-6-24(21)35)27(37,28(30,31)32)17-7-12-25-23(13-17)33-34-36(25)19-10-8-18(29)9-11-19;1-15(2)22-9-10(23-15)7-20-8-12(14(21)16(17,18)19)11-5-3-4-6-13(11)20;1-14(2)16-10-12(17-14)9-15-8-7-11-5-3-4-6-13(11)15;13-8-1-6-12-11(7-8)15-16-17(12)10-4-2-9(14)3-5-10;1-2-4-8-7(3-1)5-6-9-8;1-6(2)8-4-5(3-7)9-6;1-3-4-2;;;/h3-13,15,20,37H,14,16H2,1-2H3;3-6,8,10H,7,9H2,1-2H3;3-8,12H,9-10H2,1-2H3;1-7H;1-6,9H;5H,3-4H2,1-2H3;1,3-4H2,2H3;;;/q;;;;;;-1;2*+1;-1. The van der Waals surface area contributed by atoms with Crippen LogP contribution in [0.2, 0.25) is 0 Å². The monoisotopic (exact) mass is 1740 g/mol. The van der Waals surface area contributed by atoms with E-state index in [9.17, 15) is 45.0 Å². The van der Waals surface area contributed by atoms with Crippen LogP contribution in [-0.4, -0.2) is 152 Å². The second-order valence-corrected chi connectivity index (χ2v) is 31.4. The van der Waals surface area contributed by atoms with Crippen LogP contribution in [0.5, 0.6) is 0 Å². The summed E-state index contributed by atoms with van der Waals surface area (Å²) >= 11 is 8.91. The normalized spacial score (nSPS) is 18.6. The second kappa shape index (κ2) is 40.0. The number of fused-ring (bicyclic) bond motifs is 6. The van der Waals surface area contributed by atoms with Crippen LogP contribution in [0.3, 0.4) is 0 Å². The molecule has 14 aromatic rings. The Bertz CT molecular complexity index is 5700. The van der Waals surface area contributed by atoms with Crippen LogP contribution in [0, 0.1) is 18.6 Å². The summed E-state index contributed by atoms with van der Waals surface area (Å²) in [6.45, 7) is 23.8. The van der Waals surface area contributed by atoms with Gasteiger partial charge in [-0.05, 0) is 187 Å². The van der Waals surface area contributed by atoms with Gasteiger partial charge in [-0.2, -0.15) is 32.8 Å². The molecule has 4 aliphatic heterocycles. The van der Waals surface area contributed by atoms with E-state index in [1.54, 1.807) is 96.1 Å². The Hall–Kier alpha value is -8.16. The molecule has 8 aromatic carbocycles. The molecule has 10 heterocycles. The van der Waals surface area contributed by atoms with E-state index in [0.29, 0.717) is 61.1 Å². The van der Waals surface area contributed by atoms with E-state index in [1.807, 2.05) is 64.2 Å². The molecule has 4 fully saturated rings. The van der Waals surface area contributed by atoms with Crippen molar-refractivity contribution < 1.29 is 133 Å². The Kier molecular flexibility index (Phi) is 31.4. The molecule has 0 bridgehead atoms. The molecule has 626 valence electrons. The Labute approximate surface area is 737 Å². The number of Topliss-reactive ketones (excluding diaryl/α,β-unsaturated/α-hetero) is 1. The van der Waals surface area contributed by atoms with Gasteiger partial charge in [0.1, 0.15) is 41.0 Å². The summed E-state index contributed by atoms with van der Waals surface area (Å²) in [5.74, 6) is -4.37. The molecule has 6 aromatic heterocycles. The van der Waals surface area contributed by atoms with Crippen molar-refractivity contribution in [3.8, 4) is 11.4 Å². The average molecular weight is 1750 g/mol.